The predicted molar refractivity (Wildman–Crippen MR) is 98.4 cm³/mol. The molecule has 128 valence electrons. The number of fused-ring (bicyclic) bond motifs is 1. The molecule has 0 atom stereocenters. The van der Waals surface area contributed by atoms with Crippen LogP contribution in [0.4, 0.5) is 10.5 Å². The molecular formula is C19H26N4O. The lowest BCUT2D eigenvalue weighted by molar-refractivity contribution is 0.194. The summed E-state index contributed by atoms with van der Waals surface area (Å²) < 4.78 is 0. The van der Waals surface area contributed by atoms with Crippen LogP contribution < -0.4 is 10.2 Å². The van der Waals surface area contributed by atoms with Crippen LogP contribution in [0.2, 0.25) is 0 Å². The van der Waals surface area contributed by atoms with Crippen LogP contribution in [0.25, 0.3) is 10.9 Å². The van der Waals surface area contributed by atoms with E-state index in [1.807, 2.05) is 17.2 Å². The Hall–Kier alpha value is -2.30. The van der Waals surface area contributed by atoms with Crippen molar-refractivity contribution in [2.75, 3.05) is 37.6 Å². The number of aromatic nitrogens is 1. The minimum absolute atomic E-state index is 0.0614. The van der Waals surface area contributed by atoms with Crippen molar-refractivity contribution in [1.29, 1.82) is 0 Å². The van der Waals surface area contributed by atoms with Gasteiger partial charge in [0.1, 0.15) is 0 Å². The molecule has 5 heteroatoms. The first-order valence-electron chi connectivity index (χ1n) is 8.76. The van der Waals surface area contributed by atoms with E-state index in [-0.39, 0.29) is 6.03 Å². The Morgan fingerprint density at radius 1 is 1.17 bits per heavy atom. The zero-order valence-corrected chi connectivity index (χ0v) is 14.5. The second kappa shape index (κ2) is 7.51. The lowest BCUT2D eigenvalue weighted by Gasteiger charge is -2.36. The molecule has 0 aliphatic carbocycles. The third-order valence-electron chi connectivity index (χ3n) is 4.52. The van der Waals surface area contributed by atoms with Crippen molar-refractivity contribution in [2.24, 2.45) is 5.92 Å². The first kappa shape index (κ1) is 16.6. The summed E-state index contributed by atoms with van der Waals surface area (Å²) in [5, 5.41) is 4.18. The van der Waals surface area contributed by atoms with Crippen molar-refractivity contribution in [3.05, 3.63) is 36.5 Å². The van der Waals surface area contributed by atoms with Gasteiger partial charge in [0, 0.05) is 44.3 Å². The van der Waals surface area contributed by atoms with Crippen LogP contribution >= 0.6 is 0 Å². The van der Waals surface area contributed by atoms with Crippen LogP contribution in [-0.4, -0.2) is 48.6 Å². The first-order chi connectivity index (χ1) is 11.6. The van der Waals surface area contributed by atoms with E-state index in [4.69, 9.17) is 0 Å². The summed E-state index contributed by atoms with van der Waals surface area (Å²) in [6, 6.07) is 10.4. The van der Waals surface area contributed by atoms with Gasteiger partial charge in [0.15, 0.2) is 0 Å². The number of urea groups is 1. The van der Waals surface area contributed by atoms with E-state index in [1.54, 1.807) is 0 Å². The number of piperazine rings is 1. The maximum Gasteiger partial charge on any atom is 0.317 e. The molecule has 2 heterocycles. The Balaban J connectivity index is 1.59. The lowest BCUT2D eigenvalue weighted by Crippen LogP contribution is -2.52. The van der Waals surface area contributed by atoms with E-state index in [2.05, 4.69) is 53.3 Å². The third-order valence-corrected chi connectivity index (χ3v) is 4.52. The van der Waals surface area contributed by atoms with Crippen molar-refractivity contribution in [1.82, 2.24) is 15.2 Å². The fourth-order valence-electron chi connectivity index (χ4n) is 3.07. The molecule has 0 unspecified atom stereocenters. The fraction of sp³-hybridized carbons (Fsp3) is 0.474. The third kappa shape index (κ3) is 3.78. The van der Waals surface area contributed by atoms with Crippen LogP contribution in [0.3, 0.4) is 0 Å². The molecule has 5 nitrogen and oxygen atoms in total. The number of hydrogen-bond donors (Lipinski definition) is 1. The Morgan fingerprint density at radius 3 is 2.67 bits per heavy atom. The van der Waals surface area contributed by atoms with Crippen molar-refractivity contribution >= 4 is 22.6 Å². The molecule has 0 radical (unpaired) electrons. The van der Waals surface area contributed by atoms with Gasteiger partial charge in [-0.3, -0.25) is 4.98 Å². The minimum atomic E-state index is 0.0614. The van der Waals surface area contributed by atoms with Gasteiger partial charge in [0.2, 0.25) is 0 Å². The van der Waals surface area contributed by atoms with Crippen LogP contribution in [0.5, 0.6) is 0 Å². The van der Waals surface area contributed by atoms with Gasteiger partial charge < -0.3 is 15.1 Å². The van der Waals surface area contributed by atoms with Gasteiger partial charge in [-0.15, -0.1) is 0 Å². The number of para-hydroxylation sites is 1. The minimum Gasteiger partial charge on any atom is -0.366 e. The van der Waals surface area contributed by atoms with Crippen molar-refractivity contribution in [2.45, 2.75) is 20.3 Å². The highest BCUT2D eigenvalue weighted by Crippen LogP contribution is 2.25. The summed E-state index contributed by atoms with van der Waals surface area (Å²) >= 11 is 0. The summed E-state index contributed by atoms with van der Waals surface area (Å²) in [6.45, 7) is 8.27. The largest absolute Gasteiger partial charge is 0.366 e. The van der Waals surface area contributed by atoms with Gasteiger partial charge >= 0.3 is 6.03 Å². The average molecular weight is 326 g/mol. The zero-order chi connectivity index (χ0) is 16.9. The maximum absolute atomic E-state index is 12.2. The van der Waals surface area contributed by atoms with E-state index in [1.165, 1.54) is 0 Å². The molecule has 2 aromatic rings. The molecule has 24 heavy (non-hydrogen) atoms. The monoisotopic (exact) mass is 326 g/mol. The first-order valence-corrected chi connectivity index (χ1v) is 8.76. The number of nitrogens with one attached hydrogen (secondary N) is 1. The molecule has 2 amide bonds. The van der Waals surface area contributed by atoms with Crippen LogP contribution in [0.1, 0.15) is 20.3 Å². The van der Waals surface area contributed by atoms with Gasteiger partial charge in [-0.1, -0.05) is 32.0 Å². The maximum atomic E-state index is 12.2. The Bertz CT molecular complexity index is 687. The number of hydrogen-bond acceptors (Lipinski definition) is 3. The molecule has 1 fully saturated rings. The topological polar surface area (TPSA) is 48.5 Å². The molecule has 0 saturated carbocycles. The number of rotatable bonds is 4. The highest BCUT2D eigenvalue weighted by molar-refractivity contribution is 5.90. The molecule has 1 saturated heterocycles. The summed E-state index contributed by atoms with van der Waals surface area (Å²) in [5.74, 6) is 0.612. The quantitative estimate of drug-likeness (QED) is 0.939. The van der Waals surface area contributed by atoms with Gasteiger partial charge in [-0.2, -0.15) is 0 Å². The number of carbonyl (C=O) groups is 1. The highest BCUT2D eigenvalue weighted by atomic mass is 16.2. The number of anilines is 1. The van der Waals surface area contributed by atoms with Crippen LogP contribution in [-0.2, 0) is 0 Å². The number of amides is 2. The number of pyridine rings is 1. The summed E-state index contributed by atoms with van der Waals surface area (Å²) in [4.78, 5) is 21.0. The van der Waals surface area contributed by atoms with E-state index in [9.17, 15) is 4.79 Å². The number of carbonyl (C=O) groups excluding carboxylic acids is 1. The molecule has 1 aliphatic rings. The van der Waals surface area contributed by atoms with E-state index in [0.717, 1.165) is 55.7 Å². The molecule has 3 rings (SSSR count). The second-order valence-corrected chi connectivity index (χ2v) is 6.74. The van der Waals surface area contributed by atoms with Crippen LogP contribution in [0.15, 0.2) is 36.5 Å². The molecular weight excluding hydrogens is 300 g/mol. The van der Waals surface area contributed by atoms with Crippen molar-refractivity contribution in [3.8, 4) is 0 Å². The van der Waals surface area contributed by atoms with Crippen molar-refractivity contribution in [3.63, 3.8) is 0 Å². The number of benzene rings is 1. The molecule has 1 aromatic carbocycles. The standard InChI is InChI=1S/C19H26N4O/c1-15(2)8-10-21-19(24)23-13-11-22(12-14-23)17-7-3-5-16-6-4-9-20-18(16)17/h3-7,9,15H,8,10-14H2,1-2H3,(H,21,24). The van der Waals surface area contributed by atoms with Crippen LogP contribution in [0, 0.1) is 5.92 Å². The van der Waals surface area contributed by atoms with E-state index in [0.29, 0.717) is 5.92 Å². The van der Waals surface area contributed by atoms with Gasteiger partial charge in [-0.25, -0.2) is 4.79 Å². The van der Waals surface area contributed by atoms with Gasteiger partial charge in [-0.05, 0) is 24.5 Å². The Morgan fingerprint density at radius 2 is 1.92 bits per heavy atom. The summed E-state index contributed by atoms with van der Waals surface area (Å²) in [5.41, 5.74) is 2.20. The lowest BCUT2D eigenvalue weighted by atomic mass is 10.1. The summed E-state index contributed by atoms with van der Waals surface area (Å²) in [7, 11) is 0. The Labute approximate surface area is 143 Å². The zero-order valence-electron chi connectivity index (χ0n) is 14.5. The van der Waals surface area contributed by atoms with E-state index >= 15 is 0 Å². The predicted octanol–water partition coefficient (Wildman–Crippen LogP) is 3.11. The fourth-order valence-corrected chi connectivity index (χ4v) is 3.07. The molecule has 1 aliphatic heterocycles. The number of nitrogens with zero attached hydrogens (tertiary/aromatic N) is 3. The smallest absolute Gasteiger partial charge is 0.317 e. The second-order valence-electron chi connectivity index (χ2n) is 6.74. The van der Waals surface area contributed by atoms with Crippen molar-refractivity contribution < 1.29 is 4.79 Å². The molecule has 0 bridgehead atoms. The average Bonchev–Trinajstić information content (AvgIpc) is 2.61. The van der Waals surface area contributed by atoms with Gasteiger partial charge in [0.05, 0.1) is 11.2 Å². The highest BCUT2D eigenvalue weighted by Gasteiger charge is 2.22. The SMILES string of the molecule is CC(C)CCNC(=O)N1CCN(c2cccc3cccnc23)CC1. The summed E-state index contributed by atoms with van der Waals surface area (Å²) in [6.07, 6.45) is 2.86. The van der Waals surface area contributed by atoms with E-state index < -0.39 is 0 Å². The molecule has 1 N–H and O–H groups in total. The Kier molecular flexibility index (Phi) is 5.18. The molecule has 0 spiro atoms. The molecule has 1 aromatic heterocycles. The van der Waals surface area contributed by atoms with Gasteiger partial charge in [0.25, 0.3) is 0 Å². The normalized spacial score (nSPS) is 15.1.